The van der Waals surface area contributed by atoms with Crippen molar-refractivity contribution in [3.63, 3.8) is 0 Å². The number of nitro groups is 1. The molecule has 0 aliphatic heterocycles. The molecule has 120 valence electrons. The Hall–Kier alpha value is -2.31. The Morgan fingerprint density at radius 1 is 1.22 bits per heavy atom. The molecule has 0 aliphatic carbocycles. The van der Waals surface area contributed by atoms with Crippen molar-refractivity contribution in [2.45, 2.75) is 6.92 Å². The standard InChI is InChI=1S/C15H12Cl2N2O4/c1-9-2-4-10(5-3-9)23-8-15(20)18-13-6-12(17)14(19(21)22)7-11(13)16/h2-7H,8H2,1H3,(H,18,20). The SMILES string of the molecule is Cc1ccc(OCC(=O)Nc2cc(Cl)c([N+](=O)[O-])cc2Cl)cc1. The second kappa shape index (κ2) is 7.30. The van der Waals surface area contributed by atoms with E-state index in [9.17, 15) is 14.9 Å². The molecule has 0 atom stereocenters. The van der Waals surface area contributed by atoms with Gasteiger partial charge in [0.2, 0.25) is 0 Å². The molecule has 0 saturated heterocycles. The van der Waals surface area contributed by atoms with Gasteiger partial charge >= 0.3 is 0 Å². The summed E-state index contributed by atoms with van der Waals surface area (Å²) in [4.78, 5) is 22.0. The fourth-order valence-electron chi connectivity index (χ4n) is 1.74. The maximum absolute atomic E-state index is 11.9. The molecule has 23 heavy (non-hydrogen) atoms. The Balaban J connectivity index is 2.01. The van der Waals surface area contributed by atoms with Gasteiger partial charge in [0, 0.05) is 6.07 Å². The van der Waals surface area contributed by atoms with E-state index in [2.05, 4.69) is 5.32 Å². The summed E-state index contributed by atoms with van der Waals surface area (Å²) in [6.45, 7) is 1.71. The van der Waals surface area contributed by atoms with Gasteiger partial charge in [-0.05, 0) is 25.1 Å². The van der Waals surface area contributed by atoms with Crippen LogP contribution in [-0.2, 0) is 4.79 Å². The number of ether oxygens (including phenoxy) is 1. The molecule has 1 amide bonds. The van der Waals surface area contributed by atoms with Gasteiger partial charge in [-0.1, -0.05) is 40.9 Å². The third-order valence-electron chi connectivity index (χ3n) is 2.90. The van der Waals surface area contributed by atoms with Crippen molar-refractivity contribution in [1.29, 1.82) is 0 Å². The van der Waals surface area contributed by atoms with Crippen LogP contribution >= 0.6 is 23.2 Å². The van der Waals surface area contributed by atoms with E-state index in [1.165, 1.54) is 6.07 Å². The minimum absolute atomic E-state index is 0.0183. The van der Waals surface area contributed by atoms with E-state index in [1.54, 1.807) is 12.1 Å². The molecule has 8 heteroatoms. The van der Waals surface area contributed by atoms with Crippen molar-refractivity contribution in [3.8, 4) is 5.75 Å². The lowest BCUT2D eigenvalue weighted by Crippen LogP contribution is -2.20. The maximum atomic E-state index is 11.9. The normalized spacial score (nSPS) is 10.2. The van der Waals surface area contributed by atoms with Gasteiger partial charge < -0.3 is 10.1 Å². The van der Waals surface area contributed by atoms with Gasteiger partial charge in [-0.2, -0.15) is 0 Å². The number of hydrogen-bond acceptors (Lipinski definition) is 4. The lowest BCUT2D eigenvalue weighted by molar-refractivity contribution is -0.384. The van der Waals surface area contributed by atoms with Crippen molar-refractivity contribution in [1.82, 2.24) is 0 Å². The molecule has 0 radical (unpaired) electrons. The molecule has 2 aromatic carbocycles. The second-order valence-corrected chi connectivity index (χ2v) is 5.50. The predicted molar refractivity (Wildman–Crippen MR) is 88.4 cm³/mol. The summed E-state index contributed by atoms with van der Waals surface area (Å²) < 4.78 is 5.33. The van der Waals surface area contributed by atoms with Crippen molar-refractivity contribution >= 4 is 40.5 Å². The zero-order chi connectivity index (χ0) is 17.0. The average molecular weight is 355 g/mol. The smallest absolute Gasteiger partial charge is 0.289 e. The Labute approximate surface area is 142 Å². The van der Waals surface area contributed by atoms with Crippen LogP contribution < -0.4 is 10.1 Å². The maximum Gasteiger partial charge on any atom is 0.289 e. The second-order valence-electron chi connectivity index (χ2n) is 4.69. The fourth-order valence-corrected chi connectivity index (χ4v) is 2.18. The lowest BCUT2D eigenvalue weighted by atomic mass is 10.2. The van der Waals surface area contributed by atoms with Gasteiger partial charge in [0.15, 0.2) is 6.61 Å². The Morgan fingerprint density at radius 2 is 1.87 bits per heavy atom. The van der Waals surface area contributed by atoms with Crippen molar-refractivity contribution in [2.24, 2.45) is 0 Å². The van der Waals surface area contributed by atoms with Crippen LogP contribution in [0.3, 0.4) is 0 Å². The minimum atomic E-state index is -0.652. The molecule has 0 aliphatic rings. The highest BCUT2D eigenvalue weighted by atomic mass is 35.5. The molecule has 0 aromatic heterocycles. The summed E-state index contributed by atoms with van der Waals surface area (Å²) >= 11 is 11.7. The lowest BCUT2D eigenvalue weighted by Gasteiger charge is -2.09. The number of nitro benzene ring substituents is 1. The predicted octanol–water partition coefficient (Wildman–Crippen LogP) is 4.23. The van der Waals surface area contributed by atoms with Crippen LogP contribution in [0.5, 0.6) is 5.75 Å². The van der Waals surface area contributed by atoms with Crippen LogP contribution in [0.15, 0.2) is 36.4 Å². The number of carbonyl (C=O) groups excluding carboxylic acids is 1. The number of rotatable bonds is 5. The number of carbonyl (C=O) groups is 1. The highest BCUT2D eigenvalue weighted by Gasteiger charge is 2.17. The molecule has 0 fully saturated rings. The van der Waals surface area contributed by atoms with Gasteiger partial charge in [0.05, 0.1) is 15.6 Å². The number of hydrogen-bond donors (Lipinski definition) is 1. The number of amides is 1. The van der Waals surface area contributed by atoms with Crippen LogP contribution in [0.25, 0.3) is 0 Å². The van der Waals surface area contributed by atoms with Crippen molar-refractivity contribution in [2.75, 3.05) is 11.9 Å². The van der Waals surface area contributed by atoms with Gasteiger partial charge in [-0.3, -0.25) is 14.9 Å². The number of nitrogens with one attached hydrogen (secondary N) is 1. The molecule has 2 aromatic rings. The number of aryl methyl sites for hydroxylation is 1. The molecule has 0 unspecified atom stereocenters. The largest absolute Gasteiger partial charge is 0.484 e. The van der Waals surface area contributed by atoms with Gasteiger partial charge in [0.1, 0.15) is 10.8 Å². The first kappa shape index (κ1) is 17.1. The number of halogens is 2. The molecule has 0 heterocycles. The first-order chi connectivity index (χ1) is 10.9. The minimum Gasteiger partial charge on any atom is -0.484 e. The van der Waals surface area contributed by atoms with E-state index >= 15 is 0 Å². The molecule has 2 rings (SSSR count). The molecule has 6 nitrogen and oxygen atoms in total. The Bertz CT molecular complexity index is 748. The fraction of sp³-hybridized carbons (Fsp3) is 0.133. The average Bonchev–Trinajstić information content (AvgIpc) is 2.49. The van der Waals surface area contributed by atoms with Crippen LogP contribution in [0, 0.1) is 17.0 Å². The molecular weight excluding hydrogens is 343 g/mol. The van der Waals surface area contributed by atoms with E-state index in [4.69, 9.17) is 27.9 Å². The summed E-state index contributed by atoms with van der Waals surface area (Å²) in [7, 11) is 0. The molecule has 1 N–H and O–H groups in total. The quantitative estimate of drug-likeness (QED) is 0.643. The number of benzene rings is 2. The van der Waals surface area contributed by atoms with Gasteiger partial charge in [0.25, 0.3) is 11.6 Å². The number of anilines is 1. The topological polar surface area (TPSA) is 81.5 Å². The summed E-state index contributed by atoms with van der Waals surface area (Å²) in [5.41, 5.74) is 0.930. The van der Waals surface area contributed by atoms with E-state index in [0.29, 0.717) is 5.75 Å². The molecule has 0 bridgehead atoms. The molecule has 0 spiro atoms. The van der Waals surface area contributed by atoms with Gasteiger partial charge in [-0.25, -0.2) is 0 Å². The summed E-state index contributed by atoms with van der Waals surface area (Å²) in [6, 6.07) is 9.53. The zero-order valence-corrected chi connectivity index (χ0v) is 13.5. The highest BCUT2D eigenvalue weighted by Crippen LogP contribution is 2.33. The first-order valence-electron chi connectivity index (χ1n) is 6.49. The van der Waals surface area contributed by atoms with Crippen LogP contribution in [0.4, 0.5) is 11.4 Å². The monoisotopic (exact) mass is 354 g/mol. The summed E-state index contributed by atoms with van der Waals surface area (Å²) in [6.07, 6.45) is 0. The van der Waals surface area contributed by atoms with E-state index in [-0.39, 0.29) is 28.0 Å². The van der Waals surface area contributed by atoms with Gasteiger partial charge in [-0.15, -0.1) is 0 Å². The highest BCUT2D eigenvalue weighted by molar-refractivity contribution is 6.37. The zero-order valence-electron chi connectivity index (χ0n) is 12.0. The molecular formula is C15H12Cl2N2O4. The van der Waals surface area contributed by atoms with Crippen LogP contribution in [0.2, 0.25) is 10.0 Å². The van der Waals surface area contributed by atoms with Crippen molar-refractivity contribution in [3.05, 3.63) is 62.1 Å². The molecule has 0 saturated carbocycles. The van der Waals surface area contributed by atoms with Crippen LogP contribution in [-0.4, -0.2) is 17.4 Å². The summed E-state index contributed by atoms with van der Waals surface area (Å²) in [5.74, 6) is 0.0935. The van der Waals surface area contributed by atoms with E-state index in [0.717, 1.165) is 11.6 Å². The van der Waals surface area contributed by atoms with Crippen molar-refractivity contribution < 1.29 is 14.5 Å². The third-order valence-corrected chi connectivity index (χ3v) is 3.51. The number of nitrogens with zero attached hydrogens (tertiary/aromatic N) is 1. The first-order valence-corrected chi connectivity index (χ1v) is 7.25. The Kier molecular flexibility index (Phi) is 5.41. The third kappa shape index (κ3) is 4.58. The van der Waals surface area contributed by atoms with E-state index < -0.39 is 10.8 Å². The van der Waals surface area contributed by atoms with Crippen LogP contribution in [0.1, 0.15) is 5.56 Å². The van der Waals surface area contributed by atoms with E-state index in [1.807, 2.05) is 19.1 Å². The summed E-state index contributed by atoms with van der Waals surface area (Å²) in [5, 5.41) is 13.1. The Morgan fingerprint density at radius 3 is 2.48 bits per heavy atom.